The van der Waals surface area contributed by atoms with Crippen LogP contribution in [0, 0.1) is 0 Å². The van der Waals surface area contributed by atoms with Gasteiger partial charge in [-0.05, 0) is 68.5 Å². The SMILES string of the molecule is C=CCOC(=O)Nc1ccc2cnn(C(=O)c3cc(NC(=O)c4cc(NC(=O)c5nc(NC(=O)CCCOc6cc7c(cc6OC)C(=O)N6CC(=C)C[C@H]6C(OC6CCCCO6)N7C(=O)OCC=C)cn5C)cn4C)cn3C)c2c1. The molecule has 3 atom stereocenters. The van der Waals surface area contributed by atoms with Crippen molar-refractivity contribution in [3.05, 3.63) is 127 Å². The summed E-state index contributed by atoms with van der Waals surface area (Å²) in [4.78, 5) is 102. The van der Waals surface area contributed by atoms with E-state index in [1.807, 2.05) is 0 Å². The zero-order valence-electron chi connectivity index (χ0n) is 44.5. The highest BCUT2D eigenvalue weighted by Crippen LogP contribution is 2.43. The Morgan fingerprint density at radius 2 is 1.56 bits per heavy atom. The van der Waals surface area contributed by atoms with Crippen molar-refractivity contribution in [2.24, 2.45) is 21.1 Å². The zero-order valence-corrected chi connectivity index (χ0v) is 44.5. The summed E-state index contributed by atoms with van der Waals surface area (Å²) >= 11 is 0. The van der Waals surface area contributed by atoms with Crippen LogP contribution in [0.3, 0.4) is 0 Å². The van der Waals surface area contributed by atoms with Gasteiger partial charge in [-0.2, -0.15) is 9.78 Å². The summed E-state index contributed by atoms with van der Waals surface area (Å²) in [5.41, 5.74) is 2.91. The zero-order chi connectivity index (χ0) is 56.8. The number of imidazole rings is 1. The fraction of sp³-hybridized carbons (Fsp3) is 0.327. The van der Waals surface area contributed by atoms with Crippen LogP contribution in [-0.2, 0) is 44.9 Å². The average molecular weight is 1100 g/mol. The molecule has 0 aliphatic carbocycles. The van der Waals surface area contributed by atoms with E-state index in [0.29, 0.717) is 41.7 Å². The third kappa shape index (κ3) is 12.0. The number of carbonyl (C=O) groups excluding carboxylic acids is 7. The molecule has 0 saturated carbocycles. The molecule has 25 nitrogen and oxygen atoms in total. The number of hydrogen-bond acceptors (Lipinski definition) is 15. The number of fused-ring (bicyclic) bond motifs is 3. The minimum atomic E-state index is -1.01. The van der Waals surface area contributed by atoms with Crippen LogP contribution in [-0.4, -0.2) is 134 Å². The van der Waals surface area contributed by atoms with E-state index in [9.17, 15) is 33.6 Å². The van der Waals surface area contributed by atoms with Gasteiger partial charge in [0.2, 0.25) is 11.7 Å². The monoisotopic (exact) mass is 1100 g/mol. The molecule has 0 spiro atoms. The molecule has 6 amide bonds. The largest absolute Gasteiger partial charge is 0.493 e. The maximum atomic E-state index is 14.3. The normalized spacial score (nSPS) is 16.7. The molecular weight excluding hydrogens is 1040 g/mol. The smallest absolute Gasteiger partial charge is 0.416 e. The predicted octanol–water partition coefficient (Wildman–Crippen LogP) is 6.96. The summed E-state index contributed by atoms with van der Waals surface area (Å²) in [5.74, 6) is -1.95. The predicted molar refractivity (Wildman–Crippen MR) is 292 cm³/mol. The van der Waals surface area contributed by atoms with E-state index in [0.717, 1.165) is 18.4 Å². The second-order valence-electron chi connectivity index (χ2n) is 19.1. The van der Waals surface area contributed by atoms with Crippen molar-refractivity contribution < 1.29 is 62.0 Å². The molecule has 3 aliphatic heterocycles. The molecule has 80 heavy (non-hydrogen) atoms. The quantitative estimate of drug-likeness (QED) is 0.0471. The van der Waals surface area contributed by atoms with Crippen molar-refractivity contribution in [3.8, 4) is 11.5 Å². The third-order valence-corrected chi connectivity index (χ3v) is 13.3. The van der Waals surface area contributed by atoms with E-state index in [2.05, 4.69) is 51.1 Å². The van der Waals surface area contributed by atoms with Crippen molar-refractivity contribution in [2.45, 2.75) is 57.1 Å². The molecule has 2 unspecified atom stereocenters. The van der Waals surface area contributed by atoms with E-state index in [1.165, 1.54) is 79.2 Å². The lowest BCUT2D eigenvalue weighted by Crippen LogP contribution is -2.54. The van der Waals surface area contributed by atoms with Crippen molar-refractivity contribution in [1.82, 2.24) is 33.4 Å². The summed E-state index contributed by atoms with van der Waals surface area (Å²) in [6.07, 6.45) is 8.81. The van der Waals surface area contributed by atoms with Gasteiger partial charge in [0.05, 0.1) is 54.1 Å². The summed E-state index contributed by atoms with van der Waals surface area (Å²) < 4.78 is 40.6. The van der Waals surface area contributed by atoms with Crippen LogP contribution in [0.4, 0.5) is 38.2 Å². The van der Waals surface area contributed by atoms with Crippen molar-refractivity contribution in [1.29, 1.82) is 0 Å². The fourth-order valence-corrected chi connectivity index (χ4v) is 9.59. The number of hydrogen-bond donors (Lipinski definition) is 4. The molecule has 9 rings (SSSR count). The summed E-state index contributed by atoms with van der Waals surface area (Å²) in [7, 11) is 6.28. The van der Waals surface area contributed by atoms with Crippen molar-refractivity contribution in [3.63, 3.8) is 0 Å². The molecule has 3 aliphatic rings. The van der Waals surface area contributed by atoms with Crippen LogP contribution in [0.15, 0.2) is 105 Å². The van der Waals surface area contributed by atoms with E-state index >= 15 is 0 Å². The number of carbonyl (C=O) groups is 7. The maximum absolute atomic E-state index is 14.3. The number of benzene rings is 2. The second-order valence-corrected chi connectivity index (χ2v) is 19.1. The first-order valence-corrected chi connectivity index (χ1v) is 25.6. The highest BCUT2D eigenvalue weighted by Gasteiger charge is 2.49. The molecule has 2 aromatic carbocycles. The molecule has 6 aromatic rings. The first kappa shape index (κ1) is 55.3. The highest BCUT2D eigenvalue weighted by molar-refractivity contribution is 6.08. The Morgan fingerprint density at radius 3 is 2.30 bits per heavy atom. The number of nitrogens with one attached hydrogen (secondary N) is 4. The van der Waals surface area contributed by atoms with Crippen molar-refractivity contribution in [2.75, 3.05) is 66.2 Å². The molecule has 4 aromatic heterocycles. The molecule has 418 valence electrons. The molecule has 2 saturated heterocycles. The van der Waals surface area contributed by atoms with E-state index < -0.39 is 54.4 Å². The standard InChI is InChI=1S/C55H60N12O13/c1-8-17-78-54(73)59-34-16-15-33-27-56-67(38(33)22-34)52(72)41-24-36(30-63(41)5)57-49(69)40-23-35(29-62(40)4)58-50(70)48-61-45(31-64(48)6)60-46(68)13-12-20-76-44-26-39-37(25-43(44)75-7)51(71)65-28-32(3)21-42(65)53(66(39)55(74)79-18-9-2)80-47-14-10-11-19-77-47/h8-9,15-16,22-27,29-31,42,47,53H,1-3,10-14,17-21,28H2,4-7H3,(H,57,69)(H,58,70)(H,59,73)(H,60,68)/t42-,47?,53?/m0/s1. The third-order valence-electron chi connectivity index (χ3n) is 13.3. The fourth-order valence-electron chi connectivity index (χ4n) is 9.59. The van der Waals surface area contributed by atoms with E-state index in [4.69, 9.17) is 28.4 Å². The maximum Gasteiger partial charge on any atom is 0.416 e. The van der Waals surface area contributed by atoms with Gasteiger partial charge in [-0.25, -0.2) is 19.5 Å². The number of anilines is 5. The molecule has 7 heterocycles. The van der Waals surface area contributed by atoms with Crippen LogP contribution < -0.4 is 35.6 Å². The first-order chi connectivity index (χ1) is 38.5. The molecule has 4 N–H and O–H groups in total. The Morgan fingerprint density at radius 1 is 0.825 bits per heavy atom. The van der Waals surface area contributed by atoms with Crippen molar-refractivity contribution >= 4 is 81.2 Å². The molecular formula is C55H60N12O13. The van der Waals surface area contributed by atoms with Gasteiger partial charge in [0.15, 0.2) is 29.8 Å². The van der Waals surface area contributed by atoms with Gasteiger partial charge < -0.3 is 63.0 Å². The molecule has 0 bridgehead atoms. The number of rotatable bonds is 19. The van der Waals surface area contributed by atoms with Crippen LogP contribution in [0.25, 0.3) is 10.9 Å². The number of ether oxygens (including phenoxy) is 6. The van der Waals surface area contributed by atoms with Crippen LogP contribution in [0.5, 0.6) is 11.5 Å². The van der Waals surface area contributed by atoms with Crippen LogP contribution in [0.2, 0.25) is 0 Å². The molecule has 2 fully saturated rings. The lowest BCUT2D eigenvalue weighted by atomic mass is 10.1. The van der Waals surface area contributed by atoms with Crippen LogP contribution >= 0.6 is 0 Å². The summed E-state index contributed by atoms with van der Waals surface area (Å²) in [6, 6.07) is 10.4. The number of aromatic nitrogens is 6. The van der Waals surface area contributed by atoms with Gasteiger partial charge in [0.1, 0.15) is 24.6 Å². The Bertz CT molecular complexity index is 3440. The number of aryl methyl sites for hydroxylation is 3. The molecule has 0 radical (unpaired) electrons. The number of nitrogens with zero attached hydrogens (tertiary/aromatic N) is 8. The lowest BCUT2D eigenvalue weighted by Gasteiger charge is -2.38. The molecule has 25 heteroatoms. The highest BCUT2D eigenvalue weighted by atomic mass is 16.7. The number of amides is 6. The Kier molecular flexibility index (Phi) is 16.6. The van der Waals surface area contributed by atoms with Gasteiger partial charge in [0.25, 0.3) is 23.6 Å². The lowest BCUT2D eigenvalue weighted by molar-refractivity contribution is -0.195. The van der Waals surface area contributed by atoms with Gasteiger partial charge in [0, 0.05) is 76.4 Å². The Labute approximate surface area is 458 Å². The Balaban J connectivity index is 0.803. The second kappa shape index (κ2) is 24.0. The average Bonchev–Trinajstić information content (AvgIpc) is 4.34. The van der Waals surface area contributed by atoms with E-state index in [-0.39, 0.29) is 96.6 Å². The van der Waals surface area contributed by atoms with E-state index in [1.54, 1.807) is 56.6 Å². The minimum Gasteiger partial charge on any atom is -0.493 e. The Hall–Kier alpha value is -9.49. The van der Waals surface area contributed by atoms with Gasteiger partial charge in [-0.1, -0.05) is 37.5 Å². The van der Waals surface area contributed by atoms with Gasteiger partial charge >= 0.3 is 12.2 Å². The van der Waals surface area contributed by atoms with Crippen LogP contribution in [0.1, 0.15) is 80.5 Å². The topological polar surface area (TPSA) is 275 Å². The van der Waals surface area contributed by atoms with Gasteiger partial charge in [-0.3, -0.25) is 29.3 Å². The summed E-state index contributed by atoms with van der Waals surface area (Å²) in [5, 5.41) is 15.8. The number of methoxy groups -OCH3 is 1. The van der Waals surface area contributed by atoms with Gasteiger partial charge in [-0.15, -0.1) is 0 Å². The first-order valence-electron chi connectivity index (χ1n) is 25.6. The summed E-state index contributed by atoms with van der Waals surface area (Å²) in [6.45, 7) is 12.0. The minimum absolute atomic E-state index is 0.0174.